The quantitative estimate of drug-likeness (QED) is 0.807. The van der Waals surface area contributed by atoms with E-state index in [1.54, 1.807) is 36.4 Å². The minimum absolute atomic E-state index is 0.0293. The molecular weight excluding hydrogens is 239 g/mol. The van der Waals surface area contributed by atoms with Gasteiger partial charge in [0, 0.05) is 0 Å². The Morgan fingerprint density at radius 2 is 1.47 bits per heavy atom. The highest BCUT2D eigenvalue weighted by molar-refractivity contribution is 6.36. The molecule has 2 N–H and O–H groups in total. The van der Waals surface area contributed by atoms with Gasteiger partial charge in [0.2, 0.25) is 0 Å². The molecular formula is C15H16BO3. The average Bonchev–Trinajstić information content (AvgIpc) is 2.41. The van der Waals surface area contributed by atoms with Crippen molar-refractivity contribution >= 4 is 7.28 Å². The zero-order valence-electron chi connectivity index (χ0n) is 10.8. The summed E-state index contributed by atoms with van der Waals surface area (Å²) in [7, 11) is 2.05. The lowest BCUT2D eigenvalue weighted by Gasteiger charge is -2.14. The molecule has 1 atom stereocenters. The maximum Gasteiger partial charge on any atom is 0.170 e. The maximum absolute atomic E-state index is 9.20. The summed E-state index contributed by atoms with van der Waals surface area (Å²) in [5, 5.41) is 18.4. The number of aromatic hydroxyl groups is 2. The van der Waals surface area contributed by atoms with E-state index in [0.29, 0.717) is 0 Å². The van der Waals surface area contributed by atoms with Gasteiger partial charge in [0.25, 0.3) is 0 Å². The number of phenolic OH excluding ortho intramolecular Hbond substituents is 2. The minimum Gasteiger partial charge on any atom is -0.508 e. The van der Waals surface area contributed by atoms with Crippen molar-refractivity contribution in [3.05, 3.63) is 54.1 Å². The fourth-order valence-electron chi connectivity index (χ4n) is 1.72. The highest BCUT2D eigenvalue weighted by Gasteiger charge is 2.06. The van der Waals surface area contributed by atoms with E-state index >= 15 is 0 Å². The largest absolute Gasteiger partial charge is 0.508 e. The van der Waals surface area contributed by atoms with Gasteiger partial charge in [-0.05, 0) is 43.3 Å². The van der Waals surface area contributed by atoms with Gasteiger partial charge < -0.3 is 14.9 Å². The van der Waals surface area contributed by atoms with Crippen molar-refractivity contribution in [2.24, 2.45) is 0 Å². The normalized spacial score (nSPS) is 11.8. The van der Waals surface area contributed by atoms with Crippen molar-refractivity contribution in [3.8, 4) is 17.2 Å². The first-order valence-corrected chi connectivity index (χ1v) is 6.20. The summed E-state index contributed by atoms with van der Waals surface area (Å²) in [6.45, 7) is 1.97. The first-order chi connectivity index (χ1) is 9.13. The molecule has 0 fully saturated rings. The molecule has 2 aromatic carbocycles. The Hall–Kier alpha value is -2.10. The van der Waals surface area contributed by atoms with E-state index in [1.807, 2.05) is 19.1 Å². The van der Waals surface area contributed by atoms with Gasteiger partial charge in [-0.1, -0.05) is 24.0 Å². The first kappa shape index (κ1) is 13.3. The minimum atomic E-state index is -0.0293. The molecule has 0 heterocycles. The van der Waals surface area contributed by atoms with E-state index in [2.05, 4.69) is 7.28 Å². The SMILES string of the molecule is CC([B]Cc1ccc(O)cc1)Oc1ccc(O)cc1. The van der Waals surface area contributed by atoms with Crippen LogP contribution in [0.4, 0.5) is 0 Å². The van der Waals surface area contributed by atoms with Crippen molar-refractivity contribution < 1.29 is 14.9 Å². The lowest BCUT2D eigenvalue weighted by atomic mass is 9.67. The molecule has 97 valence electrons. The second-order valence-corrected chi connectivity index (χ2v) is 4.42. The summed E-state index contributed by atoms with van der Waals surface area (Å²) in [4.78, 5) is 0. The topological polar surface area (TPSA) is 49.7 Å². The van der Waals surface area contributed by atoms with Gasteiger partial charge in [-0.3, -0.25) is 0 Å². The predicted molar refractivity (Wildman–Crippen MR) is 75.8 cm³/mol. The summed E-state index contributed by atoms with van der Waals surface area (Å²) < 4.78 is 5.70. The predicted octanol–water partition coefficient (Wildman–Crippen LogP) is 2.73. The molecule has 0 bridgehead atoms. The highest BCUT2D eigenvalue weighted by Crippen LogP contribution is 2.17. The zero-order valence-corrected chi connectivity index (χ0v) is 10.8. The monoisotopic (exact) mass is 255 g/mol. The Labute approximate surface area is 113 Å². The van der Waals surface area contributed by atoms with Gasteiger partial charge in [-0.25, -0.2) is 0 Å². The second-order valence-electron chi connectivity index (χ2n) is 4.42. The van der Waals surface area contributed by atoms with Crippen LogP contribution in [0.1, 0.15) is 12.5 Å². The van der Waals surface area contributed by atoms with E-state index in [1.165, 1.54) is 0 Å². The average molecular weight is 255 g/mol. The van der Waals surface area contributed by atoms with Crippen molar-refractivity contribution in [1.29, 1.82) is 0 Å². The summed E-state index contributed by atoms with van der Waals surface area (Å²) >= 11 is 0. The fourth-order valence-corrected chi connectivity index (χ4v) is 1.72. The number of rotatable bonds is 5. The molecule has 0 aliphatic rings. The van der Waals surface area contributed by atoms with Crippen molar-refractivity contribution in [2.45, 2.75) is 19.2 Å². The van der Waals surface area contributed by atoms with Gasteiger partial charge in [-0.2, -0.15) is 0 Å². The van der Waals surface area contributed by atoms with Crippen LogP contribution in [0.25, 0.3) is 0 Å². The van der Waals surface area contributed by atoms with Gasteiger partial charge in [-0.15, -0.1) is 0 Å². The van der Waals surface area contributed by atoms with Crippen LogP contribution >= 0.6 is 0 Å². The number of hydrogen-bond acceptors (Lipinski definition) is 3. The van der Waals surface area contributed by atoms with Gasteiger partial charge in [0.1, 0.15) is 17.2 Å². The van der Waals surface area contributed by atoms with Crippen LogP contribution in [0.5, 0.6) is 17.2 Å². The Morgan fingerprint density at radius 1 is 0.947 bits per heavy atom. The third kappa shape index (κ3) is 4.25. The Balaban J connectivity index is 1.82. The van der Waals surface area contributed by atoms with Gasteiger partial charge >= 0.3 is 0 Å². The van der Waals surface area contributed by atoms with Crippen LogP contribution in [0.3, 0.4) is 0 Å². The molecule has 0 amide bonds. The molecule has 0 saturated heterocycles. The highest BCUT2D eigenvalue weighted by atomic mass is 16.5. The van der Waals surface area contributed by atoms with Gasteiger partial charge in [0.15, 0.2) is 7.28 Å². The van der Waals surface area contributed by atoms with Crippen LogP contribution in [-0.2, 0) is 6.32 Å². The molecule has 0 aliphatic carbocycles. The molecule has 3 nitrogen and oxygen atoms in total. The van der Waals surface area contributed by atoms with Gasteiger partial charge in [0.05, 0.1) is 6.00 Å². The number of phenols is 2. The third-order valence-electron chi connectivity index (χ3n) is 2.78. The molecule has 2 rings (SSSR count). The molecule has 0 saturated carbocycles. The van der Waals surface area contributed by atoms with Crippen molar-refractivity contribution in [3.63, 3.8) is 0 Å². The Kier molecular flexibility index (Phi) is 4.34. The molecule has 19 heavy (non-hydrogen) atoms. The van der Waals surface area contributed by atoms with E-state index in [0.717, 1.165) is 17.6 Å². The van der Waals surface area contributed by atoms with Crippen LogP contribution in [0, 0.1) is 0 Å². The lowest BCUT2D eigenvalue weighted by molar-refractivity contribution is 0.296. The molecule has 2 aromatic rings. The summed E-state index contributed by atoms with van der Waals surface area (Å²) in [6.07, 6.45) is 0.777. The molecule has 4 heteroatoms. The molecule has 1 radical (unpaired) electrons. The van der Waals surface area contributed by atoms with Crippen LogP contribution in [-0.4, -0.2) is 23.5 Å². The Bertz CT molecular complexity index is 508. The maximum atomic E-state index is 9.20. The molecule has 0 aliphatic heterocycles. The molecule has 1 unspecified atom stereocenters. The van der Waals surface area contributed by atoms with Crippen molar-refractivity contribution in [1.82, 2.24) is 0 Å². The number of hydrogen-bond donors (Lipinski definition) is 2. The third-order valence-corrected chi connectivity index (χ3v) is 2.78. The number of benzene rings is 2. The van der Waals surface area contributed by atoms with Crippen LogP contribution in [0.15, 0.2) is 48.5 Å². The smallest absolute Gasteiger partial charge is 0.170 e. The Morgan fingerprint density at radius 3 is 2.05 bits per heavy atom. The second kappa shape index (κ2) is 6.18. The molecule has 0 spiro atoms. The van der Waals surface area contributed by atoms with E-state index in [4.69, 9.17) is 4.74 Å². The zero-order chi connectivity index (χ0) is 13.7. The first-order valence-electron chi connectivity index (χ1n) is 6.20. The molecule has 0 aromatic heterocycles. The summed E-state index contributed by atoms with van der Waals surface area (Å²) in [6, 6.07) is 13.8. The van der Waals surface area contributed by atoms with E-state index in [-0.39, 0.29) is 17.5 Å². The van der Waals surface area contributed by atoms with E-state index in [9.17, 15) is 10.2 Å². The van der Waals surface area contributed by atoms with Crippen LogP contribution in [0.2, 0.25) is 0 Å². The standard InChI is InChI=1S/C15H16BO3/c1-11(19-15-8-6-14(18)7-9-15)16-10-12-2-4-13(17)5-3-12/h2-9,11,17-18H,10H2,1H3. The van der Waals surface area contributed by atoms with E-state index < -0.39 is 0 Å². The fraction of sp³-hybridized carbons (Fsp3) is 0.200. The van der Waals surface area contributed by atoms with Crippen molar-refractivity contribution in [2.75, 3.05) is 0 Å². The van der Waals surface area contributed by atoms with Crippen LogP contribution < -0.4 is 4.74 Å². The number of ether oxygens (including phenoxy) is 1. The lowest BCUT2D eigenvalue weighted by Crippen LogP contribution is -2.22. The summed E-state index contributed by atoms with van der Waals surface area (Å²) in [5.74, 6) is 1.23. The summed E-state index contributed by atoms with van der Waals surface area (Å²) in [5.41, 5.74) is 1.12.